The third kappa shape index (κ3) is 3.31. The number of aromatic nitrogens is 2. The van der Waals surface area contributed by atoms with E-state index in [1.807, 2.05) is 12.3 Å². The molecule has 0 aliphatic carbocycles. The number of carbonyl (C=O) groups is 1. The van der Waals surface area contributed by atoms with Crippen molar-refractivity contribution in [3.63, 3.8) is 0 Å². The van der Waals surface area contributed by atoms with Gasteiger partial charge in [0.05, 0.1) is 0 Å². The van der Waals surface area contributed by atoms with Crippen LogP contribution >= 0.6 is 50.8 Å². The van der Waals surface area contributed by atoms with Crippen molar-refractivity contribution in [2.24, 2.45) is 0 Å². The Morgan fingerprint density at radius 3 is 2.71 bits per heavy atom. The van der Waals surface area contributed by atoms with E-state index in [1.54, 1.807) is 35.2 Å². The van der Waals surface area contributed by atoms with Gasteiger partial charge in [0.15, 0.2) is 8.68 Å². The number of carbonyl (C=O) groups excluding carboxylic acids is 1. The molecule has 0 fully saturated rings. The molecule has 1 heterocycles. The maximum atomic E-state index is 10.6. The Hall–Kier alpha value is -0.370. The van der Waals surface area contributed by atoms with Gasteiger partial charge in [-0.15, -0.1) is 10.2 Å². The van der Waals surface area contributed by atoms with Gasteiger partial charge in [0.25, 0.3) is 0 Å². The van der Waals surface area contributed by atoms with E-state index >= 15 is 0 Å². The standard InChI is InChI=1S/C10H7BrN2OS3/c1-15-9-12-13-10(17-9)16-8-3-2-6(5-14)4-7(8)11/h2-5H,1H3. The maximum absolute atomic E-state index is 10.6. The van der Waals surface area contributed by atoms with Gasteiger partial charge in [-0.25, -0.2) is 0 Å². The summed E-state index contributed by atoms with van der Waals surface area (Å²) < 4.78 is 2.75. The van der Waals surface area contributed by atoms with Gasteiger partial charge in [-0.3, -0.25) is 4.79 Å². The molecule has 2 aromatic rings. The van der Waals surface area contributed by atoms with Crippen LogP contribution in [0.2, 0.25) is 0 Å². The van der Waals surface area contributed by atoms with Crippen molar-refractivity contribution < 1.29 is 4.79 Å². The molecule has 1 aromatic heterocycles. The lowest BCUT2D eigenvalue weighted by atomic mass is 10.2. The number of halogens is 1. The fourth-order valence-electron chi connectivity index (χ4n) is 1.09. The van der Waals surface area contributed by atoms with Crippen LogP contribution in [0.1, 0.15) is 10.4 Å². The number of nitrogens with zero attached hydrogens (tertiary/aromatic N) is 2. The Morgan fingerprint density at radius 2 is 2.12 bits per heavy atom. The van der Waals surface area contributed by atoms with E-state index in [9.17, 15) is 4.79 Å². The predicted octanol–water partition coefficient (Wildman–Crippen LogP) is 3.99. The van der Waals surface area contributed by atoms with Gasteiger partial charge in [-0.05, 0) is 34.3 Å². The zero-order valence-corrected chi connectivity index (χ0v) is 12.8. The summed E-state index contributed by atoms with van der Waals surface area (Å²) in [5.41, 5.74) is 0.656. The molecule has 0 unspecified atom stereocenters. The Kier molecular flexibility index (Phi) is 4.61. The van der Waals surface area contributed by atoms with E-state index in [-0.39, 0.29) is 0 Å². The largest absolute Gasteiger partial charge is 0.298 e. The van der Waals surface area contributed by atoms with Gasteiger partial charge >= 0.3 is 0 Å². The Morgan fingerprint density at radius 1 is 1.35 bits per heavy atom. The summed E-state index contributed by atoms with van der Waals surface area (Å²) in [6, 6.07) is 5.49. The quantitative estimate of drug-likeness (QED) is 0.618. The molecule has 0 aliphatic rings. The highest BCUT2D eigenvalue weighted by molar-refractivity contribution is 9.10. The van der Waals surface area contributed by atoms with Crippen LogP contribution in [-0.2, 0) is 0 Å². The molecule has 0 atom stereocenters. The van der Waals surface area contributed by atoms with Crippen LogP contribution < -0.4 is 0 Å². The molecule has 0 saturated carbocycles. The number of hydrogen-bond donors (Lipinski definition) is 0. The summed E-state index contributed by atoms with van der Waals surface area (Å²) in [6.45, 7) is 0. The summed E-state index contributed by atoms with van der Waals surface area (Å²) in [4.78, 5) is 11.6. The van der Waals surface area contributed by atoms with E-state index in [2.05, 4.69) is 26.1 Å². The van der Waals surface area contributed by atoms with Crippen molar-refractivity contribution in [3.8, 4) is 0 Å². The van der Waals surface area contributed by atoms with Gasteiger partial charge in [0.2, 0.25) is 0 Å². The molecule has 0 N–H and O–H groups in total. The van der Waals surface area contributed by atoms with Crippen molar-refractivity contribution in [2.45, 2.75) is 13.6 Å². The lowest BCUT2D eigenvalue weighted by Crippen LogP contribution is -1.81. The molecule has 88 valence electrons. The number of aldehydes is 1. The molecule has 0 radical (unpaired) electrons. The third-order valence-electron chi connectivity index (χ3n) is 1.85. The second-order valence-electron chi connectivity index (χ2n) is 2.95. The van der Waals surface area contributed by atoms with E-state index in [0.29, 0.717) is 5.56 Å². The molecule has 2 rings (SSSR count). The molecule has 0 bridgehead atoms. The summed E-state index contributed by atoms with van der Waals surface area (Å²) >= 11 is 8.12. The SMILES string of the molecule is CSc1nnc(Sc2ccc(C=O)cc2Br)s1. The molecular weight excluding hydrogens is 340 g/mol. The summed E-state index contributed by atoms with van der Waals surface area (Å²) in [6.07, 6.45) is 2.81. The van der Waals surface area contributed by atoms with Crippen molar-refractivity contribution in [1.29, 1.82) is 0 Å². The predicted molar refractivity (Wildman–Crippen MR) is 75.3 cm³/mol. The molecule has 0 saturated heterocycles. The van der Waals surface area contributed by atoms with Gasteiger partial charge in [-0.1, -0.05) is 40.9 Å². The van der Waals surface area contributed by atoms with E-state index < -0.39 is 0 Å². The van der Waals surface area contributed by atoms with Gasteiger partial charge in [-0.2, -0.15) is 0 Å². The molecule has 7 heteroatoms. The third-order valence-corrected chi connectivity index (χ3v) is 5.80. The van der Waals surface area contributed by atoms with Gasteiger partial charge < -0.3 is 0 Å². The van der Waals surface area contributed by atoms with Crippen LogP contribution in [-0.4, -0.2) is 22.7 Å². The molecule has 3 nitrogen and oxygen atoms in total. The van der Waals surface area contributed by atoms with Crippen LogP contribution in [0.3, 0.4) is 0 Å². The minimum atomic E-state index is 0.656. The molecular formula is C10H7BrN2OS3. The fraction of sp³-hybridized carbons (Fsp3) is 0.100. The number of benzene rings is 1. The van der Waals surface area contributed by atoms with E-state index in [1.165, 1.54) is 11.8 Å². The monoisotopic (exact) mass is 346 g/mol. The highest BCUT2D eigenvalue weighted by Crippen LogP contribution is 2.36. The summed E-state index contributed by atoms with van der Waals surface area (Å²) in [5, 5.41) is 8.12. The number of thioether (sulfide) groups is 1. The first-order chi connectivity index (χ1) is 8.22. The number of hydrogen-bond acceptors (Lipinski definition) is 6. The summed E-state index contributed by atoms with van der Waals surface area (Å²) in [7, 11) is 0. The Labute approximate surface area is 120 Å². The van der Waals surface area contributed by atoms with Crippen LogP contribution in [0.5, 0.6) is 0 Å². The maximum Gasteiger partial charge on any atom is 0.179 e. The second-order valence-corrected chi connectivity index (χ2v) is 7.12. The zero-order chi connectivity index (χ0) is 12.3. The van der Waals surface area contributed by atoms with Gasteiger partial charge in [0, 0.05) is 14.9 Å². The van der Waals surface area contributed by atoms with E-state index in [4.69, 9.17) is 0 Å². The van der Waals surface area contributed by atoms with Crippen LogP contribution in [0.4, 0.5) is 0 Å². The minimum absolute atomic E-state index is 0.656. The van der Waals surface area contributed by atoms with Crippen LogP contribution in [0, 0.1) is 0 Å². The molecule has 1 aromatic carbocycles. The highest BCUT2D eigenvalue weighted by Gasteiger charge is 2.08. The fourth-order valence-corrected chi connectivity index (χ4v) is 4.13. The lowest BCUT2D eigenvalue weighted by molar-refractivity contribution is 0.112. The van der Waals surface area contributed by atoms with Crippen LogP contribution in [0.15, 0.2) is 36.2 Å². The normalized spacial score (nSPS) is 10.5. The minimum Gasteiger partial charge on any atom is -0.298 e. The first-order valence-corrected chi connectivity index (χ1v) is 8.18. The topological polar surface area (TPSA) is 42.9 Å². The average Bonchev–Trinajstić information content (AvgIpc) is 2.79. The van der Waals surface area contributed by atoms with Crippen LogP contribution in [0.25, 0.3) is 0 Å². The molecule has 0 aliphatic heterocycles. The second kappa shape index (κ2) is 5.99. The Bertz CT molecular complexity index is 544. The van der Waals surface area contributed by atoms with E-state index in [0.717, 1.165) is 24.3 Å². The van der Waals surface area contributed by atoms with Crippen molar-refractivity contribution >= 4 is 57.1 Å². The highest BCUT2D eigenvalue weighted by atomic mass is 79.9. The molecule has 17 heavy (non-hydrogen) atoms. The Balaban J connectivity index is 2.20. The average molecular weight is 347 g/mol. The lowest BCUT2D eigenvalue weighted by Gasteiger charge is -2.01. The zero-order valence-electron chi connectivity index (χ0n) is 8.71. The molecule has 0 amide bonds. The first-order valence-electron chi connectivity index (χ1n) is 4.53. The van der Waals surface area contributed by atoms with Gasteiger partial charge in [0.1, 0.15) is 6.29 Å². The summed E-state index contributed by atoms with van der Waals surface area (Å²) in [5.74, 6) is 0. The van der Waals surface area contributed by atoms with Crippen molar-refractivity contribution in [3.05, 3.63) is 28.2 Å². The first kappa shape index (κ1) is 13.1. The number of rotatable bonds is 4. The molecule has 0 spiro atoms. The smallest absolute Gasteiger partial charge is 0.179 e. The van der Waals surface area contributed by atoms with Crippen molar-refractivity contribution in [2.75, 3.05) is 6.26 Å². The van der Waals surface area contributed by atoms with Crippen molar-refractivity contribution in [1.82, 2.24) is 10.2 Å².